The number of hydrogen-bond donors (Lipinski definition) is 2. The van der Waals surface area contributed by atoms with Crippen LogP contribution in [0, 0.1) is 6.92 Å². The number of aryl methyl sites for hydroxylation is 1. The van der Waals surface area contributed by atoms with Crippen LogP contribution in [-0.4, -0.2) is 18.6 Å². The molecule has 2 unspecified atom stereocenters. The lowest BCUT2D eigenvalue weighted by Gasteiger charge is -2.27. The van der Waals surface area contributed by atoms with Crippen molar-refractivity contribution in [2.75, 3.05) is 11.9 Å². The van der Waals surface area contributed by atoms with E-state index in [0.717, 1.165) is 14.6 Å². The van der Waals surface area contributed by atoms with Gasteiger partial charge in [-0.05, 0) is 89.2 Å². The molecule has 0 amide bonds. The molecule has 0 aromatic heterocycles. The molecule has 2 N–H and O–H groups in total. The van der Waals surface area contributed by atoms with Gasteiger partial charge in [0.2, 0.25) is 0 Å². The quantitative estimate of drug-likeness (QED) is 0.768. The number of rotatable bonds is 4. The Morgan fingerprint density at radius 3 is 2.58 bits per heavy atom. The average Bonchev–Trinajstić information content (AvgIpc) is 2.35. The highest BCUT2D eigenvalue weighted by molar-refractivity contribution is 9.11. The zero-order chi connectivity index (χ0) is 13.8. The summed E-state index contributed by atoms with van der Waals surface area (Å²) in [4.78, 5) is 0. The summed E-state index contributed by atoms with van der Waals surface area (Å²) in [6, 6.07) is 5.43. The average molecular weight is 390 g/mol. The van der Waals surface area contributed by atoms with E-state index in [4.69, 9.17) is 0 Å². The van der Waals surface area contributed by atoms with E-state index >= 15 is 0 Å². The van der Waals surface area contributed by atoms with Crippen molar-refractivity contribution in [3.8, 4) is 0 Å². The number of nitrogens with one attached hydrogen (secondary N) is 2. The maximum Gasteiger partial charge on any atom is 0.0631 e. The molecule has 0 spiro atoms. The van der Waals surface area contributed by atoms with Crippen molar-refractivity contribution < 1.29 is 0 Å². The highest BCUT2D eigenvalue weighted by Crippen LogP contribution is 2.33. The second-order valence-electron chi connectivity index (χ2n) is 5.53. The fourth-order valence-corrected chi connectivity index (χ4v) is 4.34. The lowest BCUT2D eigenvalue weighted by atomic mass is 9.98. The molecule has 0 radical (unpaired) electrons. The summed E-state index contributed by atoms with van der Waals surface area (Å²) in [5.74, 6) is 0. The van der Waals surface area contributed by atoms with Crippen molar-refractivity contribution in [1.82, 2.24) is 5.32 Å². The van der Waals surface area contributed by atoms with Crippen molar-refractivity contribution >= 4 is 37.5 Å². The minimum atomic E-state index is 0.464. The SMILES string of the molecule is Cc1cc(Br)c(NC(C)CC2CCCCN2)c(Br)c1. The van der Waals surface area contributed by atoms with Gasteiger partial charge in [-0.2, -0.15) is 0 Å². The Kier molecular flexibility index (Phi) is 5.72. The molecule has 0 aliphatic carbocycles. The molecule has 2 atom stereocenters. The Morgan fingerprint density at radius 2 is 2.00 bits per heavy atom. The van der Waals surface area contributed by atoms with Gasteiger partial charge in [-0.3, -0.25) is 0 Å². The van der Waals surface area contributed by atoms with Crippen LogP contribution in [0.15, 0.2) is 21.1 Å². The van der Waals surface area contributed by atoms with E-state index in [2.05, 4.69) is 68.5 Å². The number of halogens is 2. The van der Waals surface area contributed by atoms with Gasteiger partial charge in [0, 0.05) is 21.0 Å². The van der Waals surface area contributed by atoms with Gasteiger partial charge in [-0.25, -0.2) is 0 Å². The number of piperidine rings is 1. The molecule has 1 aromatic carbocycles. The van der Waals surface area contributed by atoms with Gasteiger partial charge < -0.3 is 10.6 Å². The Bertz CT molecular complexity index is 405. The van der Waals surface area contributed by atoms with Crippen LogP contribution < -0.4 is 10.6 Å². The van der Waals surface area contributed by atoms with Crippen LogP contribution in [0.1, 0.15) is 38.2 Å². The molecule has 19 heavy (non-hydrogen) atoms. The summed E-state index contributed by atoms with van der Waals surface area (Å²) in [7, 11) is 0. The Hall–Kier alpha value is -0.0600. The largest absolute Gasteiger partial charge is 0.381 e. The van der Waals surface area contributed by atoms with Gasteiger partial charge in [0.05, 0.1) is 5.69 Å². The first-order chi connectivity index (χ1) is 9.06. The molecule has 2 rings (SSSR count). The van der Waals surface area contributed by atoms with Crippen molar-refractivity contribution in [2.45, 2.75) is 51.6 Å². The molecule has 4 heteroatoms. The van der Waals surface area contributed by atoms with Crippen molar-refractivity contribution in [2.24, 2.45) is 0 Å². The van der Waals surface area contributed by atoms with E-state index in [9.17, 15) is 0 Å². The molecular weight excluding hydrogens is 368 g/mol. The smallest absolute Gasteiger partial charge is 0.0631 e. The molecule has 1 aliphatic rings. The van der Waals surface area contributed by atoms with Crippen LogP contribution in [0.2, 0.25) is 0 Å². The number of anilines is 1. The third kappa shape index (κ3) is 4.47. The van der Waals surface area contributed by atoms with Crippen LogP contribution in [-0.2, 0) is 0 Å². The summed E-state index contributed by atoms with van der Waals surface area (Å²) in [6.07, 6.45) is 5.17. The molecule has 0 saturated carbocycles. The van der Waals surface area contributed by atoms with Gasteiger partial charge in [-0.1, -0.05) is 6.42 Å². The van der Waals surface area contributed by atoms with Gasteiger partial charge in [0.25, 0.3) is 0 Å². The van der Waals surface area contributed by atoms with Crippen LogP contribution in [0.3, 0.4) is 0 Å². The highest BCUT2D eigenvalue weighted by atomic mass is 79.9. The summed E-state index contributed by atoms with van der Waals surface area (Å²) in [5.41, 5.74) is 2.42. The van der Waals surface area contributed by atoms with Gasteiger partial charge in [0.1, 0.15) is 0 Å². The highest BCUT2D eigenvalue weighted by Gasteiger charge is 2.17. The molecule has 1 heterocycles. The predicted octanol–water partition coefficient (Wildman–Crippen LogP) is 4.85. The molecule has 1 fully saturated rings. The Balaban J connectivity index is 1.96. The maximum absolute atomic E-state index is 3.64. The summed E-state index contributed by atoms with van der Waals surface area (Å²) in [6.45, 7) is 5.54. The van der Waals surface area contributed by atoms with Crippen LogP contribution in [0.4, 0.5) is 5.69 Å². The zero-order valence-corrected chi connectivity index (χ0v) is 14.8. The lowest BCUT2D eigenvalue weighted by molar-refractivity contribution is 0.371. The lowest BCUT2D eigenvalue weighted by Crippen LogP contribution is -2.37. The van der Waals surface area contributed by atoms with Crippen molar-refractivity contribution in [3.63, 3.8) is 0 Å². The second-order valence-corrected chi connectivity index (χ2v) is 7.24. The van der Waals surface area contributed by atoms with E-state index in [1.807, 2.05) is 0 Å². The molecular formula is C15H22Br2N2. The van der Waals surface area contributed by atoms with E-state index in [1.54, 1.807) is 0 Å². The standard InChI is InChI=1S/C15H22Br2N2/c1-10-7-13(16)15(14(17)8-10)19-11(2)9-12-5-3-4-6-18-12/h7-8,11-12,18-19H,3-6,9H2,1-2H3. The Labute approximate surface area is 133 Å². The number of hydrogen-bond acceptors (Lipinski definition) is 2. The predicted molar refractivity (Wildman–Crippen MR) is 89.9 cm³/mol. The van der Waals surface area contributed by atoms with Gasteiger partial charge in [0.15, 0.2) is 0 Å². The van der Waals surface area contributed by atoms with Gasteiger partial charge >= 0.3 is 0 Å². The summed E-state index contributed by atoms with van der Waals surface area (Å²) in [5, 5.41) is 7.23. The summed E-state index contributed by atoms with van der Waals surface area (Å²) < 4.78 is 2.26. The van der Waals surface area contributed by atoms with E-state index in [0.29, 0.717) is 12.1 Å². The normalized spacial score (nSPS) is 21.2. The van der Waals surface area contributed by atoms with Crippen molar-refractivity contribution in [1.29, 1.82) is 0 Å². The fraction of sp³-hybridized carbons (Fsp3) is 0.600. The first-order valence-electron chi connectivity index (χ1n) is 7.02. The van der Waals surface area contributed by atoms with Crippen molar-refractivity contribution in [3.05, 3.63) is 26.6 Å². The maximum atomic E-state index is 3.64. The zero-order valence-electron chi connectivity index (χ0n) is 11.6. The Morgan fingerprint density at radius 1 is 1.32 bits per heavy atom. The molecule has 106 valence electrons. The molecule has 1 aliphatic heterocycles. The van der Waals surface area contributed by atoms with Gasteiger partial charge in [-0.15, -0.1) is 0 Å². The van der Waals surface area contributed by atoms with E-state index in [-0.39, 0.29) is 0 Å². The topological polar surface area (TPSA) is 24.1 Å². The third-order valence-electron chi connectivity index (χ3n) is 3.63. The molecule has 1 saturated heterocycles. The first-order valence-corrected chi connectivity index (χ1v) is 8.60. The van der Waals surface area contributed by atoms with E-state index in [1.165, 1.54) is 37.8 Å². The monoisotopic (exact) mass is 388 g/mol. The number of benzene rings is 1. The third-order valence-corrected chi connectivity index (χ3v) is 4.88. The minimum Gasteiger partial charge on any atom is -0.381 e. The first kappa shape index (κ1) is 15.3. The van der Waals surface area contributed by atoms with E-state index < -0.39 is 0 Å². The second kappa shape index (κ2) is 7.09. The van der Waals surface area contributed by atoms with Crippen LogP contribution >= 0.6 is 31.9 Å². The fourth-order valence-electron chi connectivity index (χ4n) is 2.70. The summed E-state index contributed by atoms with van der Waals surface area (Å²) >= 11 is 7.29. The molecule has 2 nitrogen and oxygen atoms in total. The minimum absolute atomic E-state index is 0.464. The van der Waals surface area contributed by atoms with Crippen LogP contribution in [0.25, 0.3) is 0 Å². The molecule has 0 bridgehead atoms. The van der Waals surface area contributed by atoms with Crippen LogP contribution in [0.5, 0.6) is 0 Å². The molecule has 1 aromatic rings.